The van der Waals surface area contributed by atoms with Crippen molar-refractivity contribution < 1.29 is 4.79 Å². The van der Waals surface area contributed by atoms with Crippen LogP contribution in [0.3, 0.4) is 0 Å². The standard InChI is InChI=1S/C9H10ClNO/c1-3-7-4-11-9(10)6(2)8(7)5-12/h4-5H,3H2,1-2H3. The number of carbonyl (C=O) groups is 1. The predicted molar refractivity (Wildman–Crippen MR) is 48.7 cm³/mol. The normalized spacial score (nSPS) is 9.92. The Kier molecular flexibility index (Phi) is 2.82. The predicted octanol–water partition coefficient (Wildman–Crippen LogP) is 2.42. The third kappa shape index (κ3) is 1.48. The van der Waals surface area contributed by atoms with Crippen molar-refractivity contribution in [1.29, 1.82) is 0 Å². The molecule has 0 fully saturated rings. The fourth-order valence-corrected chi connectivity index (χ4v) is 1.25. The Hall–Kier alpha value is -0.890. The van der Waals surface area contributed by atoms with E-state index in [0.717, 1.165) is 23.8 Å². The Labute approximate surface area is 76.6 Å². The number of aromatic nitrogens is 1. The maximum absolute atomic E-state index is 10.7. The molecule has 0 saturated carbocycles. The number of rotatable bonds is 2. The molecule has 0 spiro atoms. The van der Waals surface area contributed by atoms with Gasteiger partial charge in [-0.2, -0.15) is 0 Å². The van der Waals surface area contributed by atoms with Crippen LogP contribution in [-0.4, -0.2) is 11.3 Å². The number of hydrogen-bond acceptors (Lipinski definition) is 2. The highest BCUT2D eigenvalue weighted by molar-refractivity contribution is 6.30. The Balaban J connectivity index is 3.35. The minimum absolute atomic E-state index is 0.411. The van der Waals surface area contributed by atoms with E-state index in [1.807, 2.05) is 6.92 Å². The fraction of sp³-hybridized carbons (Fsp3) is 0.333. The van der Waals surface area contributed by atoms with Gasteiger partial charge in [-0.3, -0.25) is 4.79 Å². The highest BCUT2D eigenvalue weighted by atomic mass is 35.5. The van der Waals surface area contributed by atoms with Crippen LogP contribution in [0.15, 0.2) is 6.20 Å². The number of nitrogens with zero attached hydrogens (tertiary/aromatic N) is 1. The minimum Gasteiger partial charge on any atom is -0.298 e. The first-order chi connectivity index (χ1) is 5.70. The van der Waals surface area contributed by atoms with Crippen LogP contribution in [0, 0.1) is 6.92 Å². The van der Waals surface area contributed by atoms with E-state index in [4.69, 9.17) is 11.6 Å². The van der Waals surface area contributed by atoms with Crippen LogP contribution in [0.25, 0.3) is 0 Å². The summed E-state index contributed by atoms with van der Waals surface area (Å²) in [6, 6.07) is 0. The maximum Gasteiger partial charge on any atom is 0.150 e. The van der Waals surface area contributed by atoms with Crippen molar-refractivity contribution in [2.24, 2.45) is 0 Å². The van der Waals surface area contributed by atoms with Crippen molar-refractivity contribution in [2.45, 2.75) is 20.3 Å². The number of aryl methyl sites for hydroxylation is 1. The molecule has 1 rings (SSSR count). The number of carbonyl (C=O) groups excluding carboxylic acids is 1. The SMILES string of the molecule is CCc1cnc(Cl)c(C)c1C=O. The lowest BCUT2D eigenvalue weighted by Gasteiger charge is -2.05. The van der Waals surface area contributed by atoms with Gasteiger partial charge in [0, 0.05) is 11.8 Å². The van der Waals surface area contributed by atoms with Gasteiger partial charge >= 0.3 is 0 Å². The van der Waals surface area contributed by atoms with E-state index in [-0.39, 0.29) is 0 Å². The van der Waals surface area contributed by atoms with Crippen molar-refractivity contribution in [3.8, 4) is 0 Å². The van der Waals surface area contributed by atoms with Crippen LogP contribution in [0.5, 0.6) is 0 Å². The fourth-order valence-electron chi connectivity index (χ4n) is 1.10. The zero-order valence-corrected chi connectivity index (χ0v) is 7.85. The molecule has 0 radical (unpaired) electrons. The monoisotopic (exact) mass is 183 g/mol. The molecule has 0 aromatic carbocycles. The van der Waals surface area contributed by atoms with Crippen LogP contribution in [0.4, 0.5) is 0 Å². The smallest absolute Gasteiger partial charge is 0.150 e. The molecule has 0 bridgehead atoms. The van der Waals surface area contributed by atoms with Crippen molar-refractivity contribution >= 4 is 17.9 Å². The van der Waals surface area contributed by atoms with E-state index in [2.05, 4.69) is 4.98 Å². The molecule has 0 aliphatic heterocycles. The average Bonchev–Trinajstić information content (AvgIpc) is 2.09. The molecule has 2 nitrogen and oxygen atoms in total. The van der Waals surface area contributed by atoms with Crippen LogP contribution in [0.1, 0.15) is 28.4 Å². The third-order valence-electron chi connectivity index (χ3n) is 1.89. The molecule has 0 amide bonds. The summed E-state index contributed by atoms with van der Waals surface area (Å²) < 4.78 is 0. The van der Waals surface area contributed by atoms with Gasteiger partial charge in [-0.25, -0.2) is 4.98 Å². The van der Waals surface area contributed by atoms with Crippen LogP contribution >= 0.6 is 11.6 Å². The summed E-state index contributed by atoms with van der Waals surface area (Å²) in [6.45, 7) is 3.79. The van der Waals surface area contributed by atoms with Crippen LogP contribution in [-0.2, 0) is 6.42 Å². The van der Waals surface area contributed by atoms with E-state index in [1.54, 1.807) is 13.1 Å². The number of hydrogen-bond donors (Lipinski definition) is 0. The lowest BCUT2D eigenvalue weighted by atomic mass is 10.1. The molecule has 3 heteroatoms. The molecule has 64 valence electrons. The van der Waals surface area contributed by atoms with E-state index in [0.29, 0.717) is 10.7 Å². The van der Waals surface area contributed by atoms with Gasteiger partial charge in [-0.15, -0.1) is 0 Å². The van der Waals surface area contributed by atoms with Gasteiger partial charge in [0.15, 0.2) is 6.29 Å². The van der Waals surface area contributed by atoms with Crippen molar-refractivity contribution in [3.05, 3.63) is 28.0 Å². The first-order valence-electron chi connectivity index (χ1n) is 3.79. The van der Waals surface area contributed by atoms with Gasteiger partial charge in [-0.1, -0.05) is 18.5 Å². The van der Waals surface area contributed by atoms with E-state index in [9.17, 15) is 4.79 Å². The lowest BCUT2D eigenvalue weighted by Crippen LogP contribution is -1.97. The quantitative estimate of drug-likeness (QED) is 0.521. The van der Waals surface area contributed by atoms with Gasteiger partial charge in [0.1, 0.15) is 5.15 Å². The minimum atomic E-state index is 0.411. The average molecular weight is 184 g/mol. The van der Waals surface area contributed by atoms with E-state index < -0.39 is 0 Å². The maximum atomic E-state index is 10.7. The highest BCUT2D eigenvalue weighted by Crippen LogP contribution is 2.18. The summed E-state index contributed by atoms with van der Waals surface area (Å²) in [5.41, 5.74) is 2.40. The zero-order valence-electron chi connectivity index (χ0n) is 7.10. The van der Waals surface area contributed by atoms with E-state index in [1.165, 1.54) is 0 Å². The van der Waals surface area contributed by atoms with Gasteiger partial charge in [-0.05, 0) is 24.5 Å². The third-order valence-corrected chi connectivity index (χ3v) is 2.27. The zero-order chi connectivity index (χ0) is 9.14. The molecular formula is C9H10ClNO. The second kappa shape index (κ2) is 3.68. The topological polar surface area (TPSA) is 30.0 Å². The van der Waals surface area contributed by atoms with Crippen LogP contribution < -0.4 is 0 Å². The summed E-state index contributed by atoms with van der Waals surface area (Å²) >= 11 is 5.75. The van der Waals surface area contributed by atoms with Gasteiger partial charge in [0.25, 0.3) is 0 Å². The Morgan fingerprint density at radius 1 is 1.67 bits per heavy atom. The summed E-state index contributed by atoms with van der Waals surface area (Å²) in [5.74, 6) is 0. The lowest BCUT2D eigenvalue weighted by molar-refractivity contribution is 0.112. The Bertz CT molecular complexity index is 310. The summed E-state index contributed by atoms with van der Waals surface area (Å²) in [4.78, 5) is 14.6. The number of aldehydes is 1. The van der Waals surface area contributed by atoms with Crippen molar-refractivity contribution in [3.63, 3.8) is 0 Å². The highest BCUT2D eigenvalue weighted by Gasteiger charge is 2.07. The number of pyridine rings is 1. The van der Waals surface area contributed by atoms with E-state index >= 15 is 0 Å². The molecule has 1 aromatic rings. The summed E-state index contributed by atoms with van der Waals surface area (Å²) in [5, 5.41) is 0.411. The van der Waals surface area contributed by atoms with Gasteiger partial charge in [0.05, 0.1) is 0 Å². The Morgan fingerprint density at radius 2 is 2.33 bits per heavy atom. The molecule has 12 heavy (non-hydrogen) atoms. The molecule has 1 heterocycles. The van der Waals surface area contributed by atoms with Gasteiger partial charge < -0.3 is 0 Å². The molecular weight excluding hydrogens is 174 g/mol. The molecule has 1 aromatic heterocycles. The number of halogens is 1. The van der Waals surface area contributed by atoms with Crippen molar-refractivity contribution in [1.82, 2.24) is 4.98 Å². The second-order valence-corrected chi connectivity index (χ2v) is 2.94. The summed E-state index contributed by atoms with van der Waals surface area (Å²) in [7, 11) is 0. The first kappa shape index (κ1) is 9.20. The molecule has 0 unspecified atom stereocenters. The van der Waals surface area contributed by atoms with Crippen molar-refractivity contribution in [2.75, 3.05) is 0 Å². The molecule has 0 aliphatic rings. The summed E-state index contributed by atoms with van der Waals surface area (Å²) in [6.07, 6.45) is 3.29. The molecule has 0 aliphatic carbocycles. The van der Waals surface area contributed by atoms with Gasteiger partial charge in [0.2, 0.25) is 0 Å². The largest absolute Gasteiger partial charge is 0.298 e. The Morgan fingerprint density at radius 3 is 2.83 bits per heavy atom. The molecule has 0 saturated heterocycles. The second-order valence-electron chi connectivity index (χ2n) is 2.58. The first-order valence-corrected chi connectivity index (χ1v) is 4.17. The molecule has 0 N–H and O–H groups in total. The van der Waals surface area contributed by atoms with Crippen LogP contribution in [0.2, 0.25) is 5.15 Å². The molecule has 0 atom stereocenters.